The van der Waals surface area contributed by atoms with Crippen LogP contribution in [0.25, 0.3) is 5.78 Å². The van der Waals surface area contributed by atoms with Gasteiger partial charge in [-0.15, -0.1) is 5.10 Å². The summed E-state index contributed by atoms with van der Waals surface area (Å²) in [4.78, 5) is 21.5. The molecule has 0 atom stereocenters. The van der Waals surface area contributed by atoms with Gasteiger partial charge in [0.1, 0.15) is 5.82 Å². The molecule has 182 valence electrons. The van der Waals surface area contributed by atoms with Crippen LogP contribution >= 0.6 is 23.4 Å². The minimum atomic E-state index is -0.453. The van der Waals surface area contributed by atoms with Crippen molar-refractivity contribution in [1.82, 2.24) is 19.6 Å². The largest absolute Gasteiger partial charge is 0.493 e. The summed E-state index contributed by atoms with van der Waals surface area (Å²) in [6.07, 6.45) is 0.524. The fraction of sp³-hybridized carbons (Fsp3) is 0.250. The average molecular weight is 516 g/mol. The van der Waals surface area contributed by atoms with Crippen LogP contribution in [0.5, 0.6) is 11.5 Å². The number of anilines is 1. The third-order valence-corrected chi connectivity index (χ3v) is 6.52. The van der Waals surface area contributed by atoms with Crippen LogP contribution in [0.2, 0.25) is 5.02 Å². The highest BCUT2D eigenvalue weighted by molar-refractivity contribution is 7.99. The monoisotopic (exact) mass is 515 g/mol. The molecule has 11 heteroatoms. The van der Waals surface area contributed by atoms with Crippen molar-refractivity contribution >= 4 is 40.7 Å². The Hall–Kier alpha value is -3.37. The summed E-state index contributed by atoms with van der Waals surface area (Å²) in [7, 11) is 3.08. The molecule has 4 aromatic rings. The van der Waals surface area contributed by atoms with Gasteiger partial charge in [0.05, 0.1) is 25.0 Å². The summed E-state index contributed by atoms with van der Waals surface area (Å²) in [6.45, 7) is 3.82. The number of methoxy groups -OCH3 is 2. The summed E-state index contributed by atoms with van der Waals surface area (Å²) in [6, 6.07) is 9.81. The summed E-state index contributed by atoms with van der Waals surface area (Å²) in [5.74, 6) is 0.999. The van der Waals surface area contributed by atoms with Crippen LogP contribution in [-0.4, -0.2) is 45.5 Å². The van der Waals surface area contributed by atoms with Crippen LogP contribution in [0, 0.1) is 19.7 Å². The van der Waals surface area contributed by atoms with E-state index in [1.54, 1.807) is 42.0 Å². The standard InChI is InChI=1S/C24H23ClFN5O3S/c1-13-17(9-15-5-7-19(26)18(25)10-15)14(2)31-23(27-13)29-24(30-31)35-12-22(32)28-16-6-8-20(33-3)21(11-16)34-4/h5-8,10-11H,9,12H2,1-4H3,(H,28,32). The normalized spacial score (nSPS) is 11.0. The first kappa shape index (κ1) is 24.7. The minimum absolute atomic E-state index is 0.0812. The first-order chi connectivity index (χ1) is 16.8. The zero-order chi connectivity index (χ0) is 25.1. The molecule has 0 saturated carbocycles. The van der Waals surface area contributed by atoms with E-state index in [1.165, 1.54) is 24.9 Å². The number of fused-ring (bicyclic) bond motifs is 1. The van der Waals surface area contributed by atoms with E-state index in [9.17, 15) is 9.18 Å². The Balaban J connectivity index is 1.47. The van der Waals surface area contributed by atoms with Gasteiger partial charge >= 0.3 is 0 Å². The van der Waals surface area contributed by atoms with Gasteiger partial charge in [0.2, 0.25) is 11.1 Å². The number of benzene rings is 2. The molecule has 0 saturated heterocycles. The highest BCUT2D eigenvalue weighted by Crippen LogP contribution is 2.30. The lowest BCUT2D eigenvalue weighted by atomic mass is 10.0. The predicted molar refractivity (Wildman–Crippen MR) is 133 cm³/mol. The number of ether oxygens (including phenoxy) is 2. The minimum Gasteiger partial charge on any atom is -0.493 e. The van der Waals surface area contributed by atoms with Gasteiger partial charge in [0.25, 0.3) is 5.78 Å². The molecule has 1 amide bonds. The van der Waals surface area contributed by atoms with Gasteiger partial charge in [-0.25, -0.2) is 13.9 Å². The Bertz CT molecular complexity index is 1410. The Morgan fingerprint density at radius 2 is 1.89 bits per heavy atom. The van der Waals surface area contributed by atoms with Crippen molar-refractivity contribution in [3.8, 4) is 11.5 Å². The quantitative estimate of drug-likeness (QED) is 0.335. The topological polar surface area (TPSA) is 90.6 Å². The number of rotatable bonds is 8. The smallest absolute Gasteiger partial charge is 0.253 e. The maximum atomic E-state index is 13.5. The molecule has 2 heterocycles. The maximum Gasteiger partial charge on any atom is 0.253 e. The molecule has 1 N–H and O–H groups in total. The number of halogens is 2. The fourth-order valence-electron chi connectivity index (χ4n) is 3.60. The fourth-order valence-corrected chi connectivity index (χ4v) is 4.42. The molecule has 0 unspecified atom stereocenters. The predicted octanol–water partition coefficient (Wildman–Crippen LogP) is 4.87. The van der Waals surface area contributed by atoms with Gasteiger partial charge < -0.3 is 14.8 Å². The summed E-state index contributed by atoms with van der Waals surface area (Å²) in [5, 5.41) is 7.86. The van der Waals surface area contributed by atoms with E-state index in [0.29, 0.717) is 34.5 Å². The van der Waals surface area contributed by atoms with Gasteiger partial charge in [-0.05, 0) is 49.2 Å². The van der Waals surface area contributed by atoms with Gasteiger partial charge in [-0.1, -0.05) is 29.4 Å². The average Bonchev–Trinajstić information content (AvgIpc) is 3.25. The Labute approximate surface area is 210 Å². The number of nitrogens with zero attached hydrogens (tertiary/aromatic N) is 4. The second-order valence-electron chi connectivity index (χ2n) is 7.70. The molecule has 4 rings (SSSR count). The zero-order valence-electron chi connectivity index (χ0n) is 19.6. The van der Waals surface area contributed by atoms with Crippen molar-refractivity contribution in [3.63, 3.8) is 0 Å². The molecule has 0 aliphatic heterocycles. The van der Waals surface area contributed by atoms with E-state index in [-0.39, 0.29) is 16.7 Å². The van der Waals surface area contributed by atoms with Crippen molar-refractivity contribution in [2.24, 2.45) is 0 Å². The van der Waals surface area contributed by atoms with Gasteiger partial charge in [-0.2, -0.15) is 4.98 Å². The second-order valence-corrected chi connectivity index (χ2v) is 9.05. The lowest BCUT2D eigenvalue weighted by Crippen LogP contribution is -2.14. The number of aromatic nitrogens is 4. The summed E-state index contributed by atoms with van der Waals surface area (Å²) in [5.41, 5.74) is 4.07. The number of hydrogen-bond donors (Lipinski definition) is 1. The number of nitrogens with one attached hydrogen (secondary N) is 1. The zero-order valence-corrected chi connectivity index (χ0v) is 21.1. The lowest BCUT2D eigenvalue weighted by Gasteiger charge is -2.10. The molecular weight excluding hydrogens is 493 g/mol. The molecule has 0 bridgehead atoms. The third-order valence-electron chi connectivity index (χ3n) is 5.39. The van der Waals surface area contributed by atoms with E-state index in [4.69, 9.17) is 21.1 Å². The Kier molecular flexibility index (Phi) is 7.42. The summed E-state index contributed by atoms with van der Waals surface area (Å²) >= 11 is 7.14. The molecule has 0 spiro atoms. The molecule has 0 radical (unpaired) electrons. The Morgan fingerprint density at radius 1 is 1.11 bits per heavy atom. The summed E-state index contributed by atoms with van der Waals surface area (Å²) < 4.78 is 25.6. The van der Waals surface area contributed by atoms with Crippen LogP contribution in [0.15, 0.2) is 41.6 Å². The van der Waals surface area contributed by atoms with E-state index in [0.717, 1.165) is 22.5 Å². The van der Waals surface area contributed by atoms with E-state index in [1.807, 2.05) is 13.8 Å². The van der Waals surface area contributed by atoms with Crippen LogP contribution in [0.4, 0.5) is 10.1 Å². The highest BCUT2D eigenvalue weighted by Gasteiger charge is 2.16. The van der Waals surface area contributed by atoms with Crippen molar-refractivity contribution in [2.45, 2.75) is 25.4 Å². The second kappa shape index (κ2) is 10.5. The van der Waals surface area contributed by atoms with Crippen LogP contribution in [-0.2, 0) is 11.2 Å². The maximum absolute atomic E-state index is 13.5. The third kappa shape index (κ3) is 5.49. The van der Waals surface area contributed by atoms with Crippen molar-refractivity contribution in [2.75, 3.05) is 25.3 Å². The van der Waals surface area contributed by atoms with Crippen molar-refractivity contribution < 1.29 is 18.7 Å². The van der Waals surface area contributed by atoms with E-state index < -0.39 is 5.82 Å². The van der Waals surface area contributed by atoms with Crippen LogP contribution in [0.1, 0.15) is 22.5 Å². The number of thioether (sulfide) groups is 1. The van der Waals surface area contributed by atoms with Crippen LogP contribution < -0.4 is 14.8 Å². The van der Waals surface area contributed by atoms with Crippen LogP contribution in [0.3, 0.4) is 0 Å². The molecule has 2 aromatic carbocycles. The molecule has 35 heavy (non-hydrogen) atoms. The van der Waals surface area contributed by atoms with E-state index in [2.05, 4.69) is 20.4 Å². The lowest BCUT2D eigenvalue weighted by molar-refractivity contribution is -0.113. The molecule has 2 aromatic heterocycles. The van der Waals surface area contributed by atoms with Gasteiger partial charge in [0.15, 0.2) is 11.5 Å². The molecule has 0 aliphatic carbocycles. The number of carbonyl (C=O) groups is 1. The number of carbonyl (C=O) groups excluding carboxylic acids is 1. The van der Waals surface area contributed by atoms with Crippen molar-refractivity contribution in [1.29, 1.82) is 0 Å². The first-order valence-electron chi connectivity index (χ1n) is 10.6. The molecule has 0 fully saturated rings. The van der Waals surface area contributed by atoms with E-state index >= 15 is 0 Å². The van der Waals surface area contributed by atoms with Crippen molar-refractivity contribution in [3.05, 3.63) is 69.8 Å². The van der Waals surface area contributed by atoms with Gasteiger partial charge in [0, 0.05) is 29.6 Å². The molecular formula is C24H23ClFN5O3S. The highest BCUT2D eigenvalue weighted by atomic mass is 35.5. The molecule has 8 nitrogen and oxygen atoms in total. The first-order valence-corrected chi connectivity index (χ1v) is 12.0. The SMILES string of the molecule is COc1ccc(NC(=O)CSc2nc3nc(C)c(Cc4ccc(F)c(Cl)c4)c(C)n3n2)cc1OC. The van der Waals surface area contributed by atoms with Gasteiger partial charge in [-0.3, -0.25) is 4.79 Å². The number of hydrogen-bond acceptors (Lipinski definition) is 7. The number of amides is 1. The number of aryl methyl sites for hydroxylation is 2. The Morgan fingerprint density at radius 3 is 2.60 bits per heavy atom. The molecule has 0 aliphatic rings.